The van der Waals surface area contributed by atoms with Crippen molar-refractivity contribution in [1.82, 2.24) is 0 Å². The van der Waals surface area contributed by atoms with Gasteiger partial charge in [-0.25, -0.2) is 4.39 Å². The van der Waals surface area contributed by atoms with E-state index in [1.165, 1.54) is 12.1 Å². The fraction of sp³-hybridized carbons (Fsp3) is 0.0667. The summed E-state index contributed by atoms with van der Waals surface area (Å²) in [4.78, 5) is 12.0. The van der Waals surface area contributed by atoms with E-state index >= 15 is 0 Å². The van der Waals surface area contributed by atoms with Crippen molar-refractivity contribution in [2.45, 2.75) is 0 Å². The van der Waals surface area contributed by atoms with Crippen LogP contribution in [0.3, 0.4) is 0 Å². The minimum Gasteiger partial charge on any atom is -0.479 e. The van der Waals surface area contributed by atoms with Crippen LogP contribution in [-0.4, -0.2) is 12.5 Å². The highest BCUT2D eigenvalue weighted by molar-refractivity contribution is 6.31. The molecule has 0 saturated carbocycles. The number of nitrogens with one attached hydrogen (secondary N) is 1. The third-order valence-corrected chi connectivity index (χ3v) is 2.82. The molecule has 1 N–H and O–H groups in total. The summed E-state index contributed by atoms with van der Waals surface area (Å²) in [5.74, 6) is -0.741. The summed E-state index contributed by atoms with van der Waals surface area (Å²) in [7, 11) is 0. The number of anilines is 1. The number of benzene rings is 2. The molecule has 0 bridgehead atoms. The molecule has 2 aromatic carbocycles. The van der Waals surface area contributed by atoms with Crippen molar-refractivity contribution in [3.05, 3.63) is 58.9 Å². The second-order valence-electron chi connectivity index (χ2n) is 4.05. The Kier molecular flexibility index (Phi) is 4.75. The number of hydrogen-bond acceptors (Lipinski definition) is 3. The number of amides is 1. The van der Waals surface area contributed by atoms with Crippen LogP contribution in [0.4, 0.5) is 10.1 Å². The summed E-state index contributed by atoms with van der Waals surface area (Å²) in [6.07, 6.45) is 0. The fourth-order valence-electron chi connectivity index (χ4n) is 1.62. The van der Waals surface area contributed by atoms with Crippen LogP contribution >= 0.6 is 11.6 Å². The number of nitrogens with zero attached hydrogens (tertiary/aromatic N) is 1. The molecule has 0 aliphatic heterocycles. The van der Waals surface area contributed by atoms with Crippen LogP contribution < -0.4 is 10.1 Å². The van der Waals surface area contributed by atoms with Gasteiger partial charge < -0.3 is 10.1 Å². The van der Waals surface area contributed by atoms with Gasteiger partial charge in [0, 0.05) is 10.7 Å². The Bertz CT molecular complexity index is 696. The predicted molar refractivity (Wildman–Crippen MR) is 76.9 cm³/mol. The van der Waals surface area contributed by atoms with E-state index in [-0.39, 0.29) is 17.2 Å². The van der Waals surface area contributed by atoms with Crippen molar-refractivity contribution >= 4 is 23.2 Å². The maximum absolute atomic E-state index is 13.6. The van der Waals surface area contributed by atoms with Crippen molar-refractivity contribution in [2.24, 2.45) is 0 Å². The smallest absolute Gasteiger partial charge is 0.258 e. The Hall–Kier alpha value is -2.58. The van der Waals surface area contributed by atoms with Gasteiger partial charge in [0.05, 0.1) is 5.56 Å². The van der Waals surface area contributed by atoms with Gasteiger partial charge >= 0.3 is 0 Å². The lowest BCUT2D eigenvalue weighted by Gasteiger charge is -2.07. The predicted octanol–water partition coefficient (Wildman–Crippen LogP) is 3.63. The number of carbonyl (C=O) groups is 1. The quantitative estimate of drug-likeness (QED) is 0.938. The summed E-state index contributed by atoms with van der Waals surface area (Å²) < 4.78 is 18.6. The first kappa shape index (κ1) is 14.8. The Labute approximate surface area is 125 Å². The van der Waals surface area contributed by atoms with Crippen LogP contribution in [0.5, 0.6) is 5.75 Å². The van der Waals surface area contributed by atoms with Gasteiger partial charge in [-0.05, 0) is 42.5 Å². The van der Waals surface area contributed by atoms with E-state index in [9.17, 15) is 9.18 Å². The molecule has 2 rings (SSSR count). The van der Waals surface area contributed by atoms with E-state index in [1.807, 2.05) is 6.07 Å². The van der Waals surface area contributed by atoms with Crippen LogP contribution in [0.1, 0.15) is 10.4 Å². The summed E-state index contributed by atoms with van der Waals surface area (Å²) in [5, 5.41) is 11.2. The molecule has 1 amide bonds. The van der Waals surface area contributed by atoms with Gasteiger partial charge in [-0.3, -0.25) is 4.79 Å². The third-order valence-electron chi connectivity index (χ3n) is 2.59. The Morgan fingerprint density at radius 1 is 1.29 bits per heavy atom. The standard InChI is InChI=1S/C15H10ClFN2O2/c16-10-1-6-14(17)13(9-10)15(20)19-11-2-4-12(5-3-11)21-8-7-18/h1-6,9H,8H2,(H,19,20). The van der Waals surface area contributed by atoms with Crippen LogP contribution in [-0.2, 0) is 0 Å². The van der Waals surface area contributed by atoms with Crippen molar-refractivity contribution < 1.29 is 13.9 Å². The molecule has 21 heavy (non-hydrogen) atoms. The van der Waals surface area contributed by atoms with Gasteiger partial charge in [-0.15, -0.1) is 0 Å². The average Bonchev–Trinajstić information content (AvgIpc) is 2.49. The molecule has 0 saturated heterocycles. The van der Waals surface area contributed by atoms with Crippen molar-refractivity contribution in [3.63, 3.8) is 0 Å². The molecule has 2 aromatic rings. The highest BCUT2D eigenvalue weighted by Gasteiger charge is 2.12. The Morgan fingerprint density at radius 3 is 2.67 bits per heavy atom. The Morgan fingerprint density at radius 2 is 2.00 bits per heavy atom. The van der Waals surface area contributed by atoms with Gasteiger partial charge in [-0.2, -0.15) is 5.26 Å². The SMILES string of the molecule is N#CCOc1ccc(NC(=O)c2cc(Cl)ccc2F)cc1. The van der Waals surface area contributed by atoms with Gasteiger partial charge in [0.1, 0.15) is 17.6 Å². The molecule has 106 valence electrons. The highest BCUT2D eigenvalue weighted by Crippen LogP contribution is 2.19. The van der Waals surface area contributed by atoms with Gasteiger partial charge in [0.15, 0.2) is 6.61 Å². The molecule has 4 nitrogen and oxygen atoms in total. The summed E-state index contributed by atoms with van der Waals surface area (Å²) in [6, 6.07) is 12.0. The van der Waals surface area contributed by atoms with Crippen molar-refractivity contribution in [3.8, 4) is 11.8 Å². The molecule has 0 spiro atoms. The van der Waals surface area contributed by atoms with E-state index in [1.54, 1.807) is 24.3 Å². The van der Waals surface area contributed by atoms with Gasteiger partial charge in [-0.1, -0.05) is 11.6 Å². The van der Waals surface area contributed by atoms with Gasteiger partial charge in [0.2, 0.25) is 0 Å². The molecule has 0 atom stereocenters. The number of ether oxygens (including phenoxy) is 1. The molecular weight excluding hydrogens is 295 g/mol. The number of nitriles is 1. The topological polar surface area (TPSA) is 62.1 Å². The van der Waals surface area contributed by atoms with Crippen LogP contribution in [0.25, 0.3) is 0 Å². The van der Waals surface area contributed by atoms with Crippen LogP contribution in [0.15, 0.2) is 42.5 Å². The van der Waals surface area contributed by atoms with E-state index in [2.05, 4.69) is 5.32 Å². The maximum atomic E-state index is 13.6. The molecule has 0 heterocycles. The molecular formula is C15H10ClFN2O2. The molecule has 6 heteroatoms. The Balaban J connectivity index is 2.09. The first-order valence-electron chi connectivity index (χ1n) is 5.96. The molecule has 0 fully saturated rings. The summed E-state index contributed by atoms with van der Waals surface area (Å²) in [5.41, 5.74) is 0.344. The largest absolute Gasteiger partial charge is 0.479 e. The first-order valence-corrected chi connectivity index (χ1v) is 6.34. The fourth-order valence-corrected chi connectivity index (χ4v) is 1.79. The summed E-state index contributed by atoms with van der Waals surface area (Å²) in [6.45, 7) is -0.0561. The van der Waals surface area contributed by atoms with E-state index in [0.717, 1.165) is 6.07 Å². The van der Waals surface area contributed by atoms with E-state index in [0.29, 0.717) is 11.4 Å². The molecule has 0 aliphatic rings. The normalized spacial score (nSPS) is 9.76. The monoisotopic (exact) mass is 304 g/mol. The zero-order valence-electron chi connectivity index (χ0n) is 10.8. The summed E-state index contributed by atoms with van der Waals surface area (Å²) >= 11 is 5.74. The van der Waals surface area contributed by atoms with E-state index < -0.39 is 11.7 Å². The van der Waals surface area contributed by atoms with Gasteiger partial charge in [0.25, 0.3) is 5.91 Å². The van der Waals surface area contributed by atoms with Crippen LogP contribution in [0, 0.1) is 17.1 Å². The lowest BCUT2D eigenvalue weighted by atomic mass is 10.2. The zero-order valence-corrected chi connectivity index (χ0v) is 11.5. The lowest BCUT2D eigenvalue weighted by Crippen LogP contribution is -2.13. The maximum Gasteiger partial charge on any atom is 0.258 e. The number of carbonyl (C=O) groups excluding carboxylic acids is 1. The minimum absolute atomic E-state index is 0.0561. The number of hydrogen-bond donors (Lipinski definition) is 1. The molecule has 0 aliphatic carbocycles. The zero-order chi connectivity index (χ0) is 15.2. The molecule has 0 unspecified atom stereocenters. The van der Waals surface area contributed by atoms with Crippen LogP contribution in [0.2, 0.25) is 5.02 Å². The number of rotatable bonds is 4. The van der Waals surface area contributed by atoms with Crippen molar-refractivity contribution in [2.75, 3.05) is 11.9 Å². The number of halogens is 2. The highest BCUT2D eigenvalue weighted by atomic mass is 35.5. The molecule has 0 radical (unpaired) electrons. The second-order valence-corrected chi connectivity index (χ2v) is 4.49. The average molecular weight is 305 g/mol. The third kappa shape index (κ3) is 3.94. The minimum atomic E-state index is -0.647. The van der Waals surface area contributed by atoms with E-state index in [4.69, 9.17) is 21.6 Å². The molecule has 0 aromatic heterocycles. The van der Waals surface area contributed by atoms with Crippen molar-refractivity contribution in [1.29, 1.82) is 5.26 Å². The second kappa shape index (κ2) is 6.73. The first-order chi connectivity index (χ1) is 10.1. The lowest BCUT2D eigenvalue weighted by molar-refractivity contribution is 0.102.